The number of hydrogen-bond acceptors (Lipinski definition) is 5. The summed E-state index contributed by atoms with van der Waals surface area (Å²) < 4.78 is 80.6. The monoisotopic (exact) mass is 372 g/mol. The highest BCUT2D eigenvalue weighted by Crippen LogP contribution is 2.52. The Bertz CT molecular complexity index is 591. The number of ether oxygens (including phenoxy) is 3. The summed E-state index contributed by atoms with van der Waals surface area (Å²) in [7, 11) is 0. The fraction of sp³-hybridized carbons (Fsp3) is 0.800. The Kier molecular flexibility index (Phi) is 4.16. The van der Waals surface area contributed by atoms with Crippen molar-refractivity contribution in [2.45, 2.75) is 43.3 Å². The maximum absolute atomic E-state index is 14.4. The minimum Gasteiger partial charge on any atom is -0.462 e. The van der Waals surface area contributed by atoms with E-state index in [1.54, 1.807) is 0 Å². The molecule has 0 radical (unpaired) electrons. The van der Waals surface area contributed by atoms with Gasteiger partial charge in [0.15, 0.2) is 12.4 Å². The highest BCUT2D eigenvalue weighted by Gasteiger charge is 2.79. The van der Waals surface area contributed by atoms with E-state index >= 15 is 0 Å². The molecule has 5 unspecified atom stereocenters. The first-order chi connectivity index (χ1) is 11.4. The van der Waals surface area contributed by atoms with Gasteiger partial charge >= 0.3 is 23.9 Å². The molecule has 0 aromatic carbocycles. The van der Waals surface area contributed by atoms with Crippen LogP contribution in [-0.2, 0) is 19.0 Å². The highest BCUT2D eigenvalue weighted by molar-refractivity contribution is 5.74. The van der Waals surface area contributed by atoms with E-state index in [1.807, 2.05) is 12.2 Å². The van der Waals surface area contributed by atoms with Crippen molar-refractivity contribution in [1.82, 2.24) is 0 Å². The number of carbonyl (C=O) groups excluding carboxylic acids is 1. The molecule has 5 atom stereocenters. The molecule has 1 heterocycles. The summed E-state index contributed by atoms with van der Waals surface area (Å²) in [6, 6.07) is 0. The van der Waals surface area contributed by atoms with Crippen LogP contribution in [0.2, 0.25) is 0 Å². The number of allylic oxidation sites excluding steroid dienone is 2. The number of esters is 1. The van der Waals surface area contributed by atoms with Crippen molar-refractivity contribution in [3.63, 3.8) is 0 Å². The van der Waals surface area contributed by atoms with Crippen molar-refractivity contribution in [1.29, 1.82) is 0 Å². The van der Waals surface area contributed by atoms with Crippen LogP contribution in [0.25, 0.3) is 0 Å². The quantitative estimate of drug-likeness (QED) is 0.468. The van der Waals surface area contributed by atoms with E-state index in [0.29, 0.717) is 13.3 Å². The summed E-state index contributed by atoms with van der Waals surface area (Å²) in [6.45, 7) is -1.73. The minimum atomic E-state index is -5.76. The molecule has 2 fully saturated rings. The molecule has 1 saturated carbocycles. The lowest BCUT2D eigenvalue weighted by Gasteiger charge is -2.48. The van der Waals surface area contributed by atoms with Crippen molar-refractivity contribution in [2.75, 3.05) is 13.4 Å². The van der Waals surface area contributed by atoms with Crippen LogP contribution in [0.1, 0.15) is 19.8 Å². The molecule has 1 N–H and O–H groups in total. The second-order valence-electron chi connectivity index (χ2n) is 6.85. The van der Waals surface area contributed by atoms with Crippen LogP contribution in [0.4, 0.5) is 22.0 Å². The summed E-state index contributed by atoms with van der Waals surface area (Å²) in [6.07, 6.45) is -0.658. The zero-order valence-electron chi connectivity index (χ0n) is 13.2. The summed E-state index contributed by atoms with van der Waals surface area (Å²) in [4.78, 5) is 12.1. The van der Waals surface area contributed by atoms with E-state index in [2.05, 4.69) is 9.47 Å². The number of alkyl halides is 5. The van der Waals surface area contributed by atoms with Crippen molar-refractivity contribution in [3.05, 3.63) is 12.2 Å². The minimum absolute atomic E-state index is 0.0477. The van der Waals surface area contributed by atoms with Crippen molar-refractivity contribution >= 4 is 5.97 Å². The van der Waals surface area contributed by atoms with Gasteiger partial charge in [0.05, 0.1) is 5.92 Å². The predicted molar refractivity (Wildman–Crippen MR) is 71.2 cm³/mol. The molecule has 2 bridgehead atoms. The third-order valence-corrected chi connectivity index (χ3v) is 5.19. The Morgan fingerprint density at radius 2 is 1.96 bits per heavy atom. The van der Waals surface area contributed by atoms with Gasteiger partial charge in [0.2, 0.25) is 0 Å². The summed E-state index contributed by atoms with van der Waals surface area (Å²) >= 11 is 0. The third kappa shape index (κ3) is 2.65. The van der Waals surface area contributed by atoms with E-state index in [0.717, 1.165) is 6.42 Å². The van der Waals surface area contributed by atoms with Gasteiger partial charge in [0.25, 0.3) is 0 Å². The lowest BCUT2D eigenvalue weighted by molar-refractivity contribution is -0.501. The van der Waals surface area contributed by atoms with E-state index in [-0.39, 0.29) is 11.8 Å². The topological polar surface area (TPSA) is 65.0 Å². The number of hydrogen-bond donors (Lipinski definition) is 1. The van der Waals surface area contributed by atoms with Gasteiger partial charge in [-0.15, -0.1) is 0 Å². The maximum Gasteiger partial charge on any atom is 0.449 e. The Morgan fingerprint density at radius 1 is 1.28 bits per heavy atom. The van der Waals surface area contributed by atoms with Gasteiger partial charge in [-0.05, 0) is 31.6 Å². The van der Waals surface area contributed by atoms with E-state index in [1.165, 1.54) is 0 Å². The number of halogens is 5. The first kappa shape index (κ1) is 18.5. The van der Waals surface area contributed by atoms with Crippen LogP contribution in [0, 0.1) is 17.8 Å². The normalized spacial score (nSPS) is 42.6. The van der Waals surface area contributed by atoms with Crippen LogP contribution < -0.4 is 0 Å². The second kappa shape index (κ2) is 5.62. The largest absolute Gasteiger partial charge is 0.462 e. The van der Waals surface area contributed by atoms with Crippen molar-refractivity contribution < 1.29 is 46.1 Å². The molecule has 0 aromatic heterocycles. The molecule has 142 valence electrons. The fourth-order valence-electron chi connectivity index (χ4n) is 3.54. The van der Waals surface area contributed by atoms with Gasteiger partial charge < -0.3 is 19.3 Å². The molecule has 3 rings (SSSR count). The zero-order chi connectivity index (χ0) is 18.7. The number of carbonyl (C=O) groups is 1. The van der Waals surface area contributed by atoms with Crippen LogP contribution in [0.15, 0.2) is 12.2 Å². The van der Waals surface area contributed by atoms with Gasteiger partial charge in [-0.1, -0.05) is 12.2 Å². The molecular weight excluding hydrogens is 355 g/mol. The van der Waals surface area contributed by atoms with Crippen LogP contribution in [-0.4, -0.2) is 48.0 Å². The molecule has 0 amide bonds. The van der Waals surface area contributed by atoms with E-state index in [9.17, 15) is 31.9 Å². The molecular formula is C15H17F5O5. The molecule has 10 heteroatoms. The first-order valence-electron chi connectivity index (χ1n) is 7.71. The van der Waals surface area contributed by atoms with E-state index < -0.39 is 48.8 Å². The molecule has 3 aliphatic rings. The molecule has 0 spiro atoms. The predicted octanol–water partition coefficient (Wildman–Crippen LogP) is 2.39. The van der Waals surface area contributed by atoms with Gasteiger partial charge in [0.1, 0.15) is 6.61 Å². The number of aliphatic hydroxyl groups is 1. The summed E-state index contributed by atoms with van der Waals surface area (Å²) in [5.74, 6) is -10.7. The smallest absolute Gasteiger partial charge is 0.449 e. The molecule has 0 aromatic rings. The third-order valence-electron chi connectivity index (χ3n) is 5.19. The van der Waals surface area contributed by atoms with Crippen molar-refractivity contribution in [3.8, 4) is 0 Å². The molecule has 1 aliphatic heterocycles. The first-order valence-corrected chi connectivity index (χ1v) is 7.71. The summed E-state index contributed by atoms with van der Waals surface area (Å²) in [5, 5.41) is 9.41. The Balaban J connectivity index is 1.72. The average Bonchev–Trinajstić information content (AvgIpc) is 3.12. The van der Waals surface area contributed by atoms with Gasteiger partial charge in [-0.2, -0.15) is 22.0 Å². The zero-order valence-corrected chi connectivity index (χ0v) is 13.2. The van der Waals surface area contributed by atoms with Crippen LogP contribution in [0.3, 0.4) is 0 Å². The van der Waals surface area contributed by atoms with Gasteiger partial charge in [0, 0.05) is 0 Å². The molecule has 25 heavy (non-hydrogen) atoms. The maximum atomic E-state index is 14.4. The summed E-state index contributed by atoms with van der Waals surface area (Å²) in [5.41, 5.74) is -2.89. The average molecular weight is 372 g/mol. The van der Waals surface area contributed by atoms with Gasteiger partial charge in [-0.25, -0.2) is 0 Å². The van der Waals surface area contributed by atoms with E-state index in [4.69, 9.17) is 4.74 Å². The SMILES string of the molecule is CC1(COC(=O)C2CC3C=CC2C3)OCOC(O)(C(F)(F)F)C1(F)F. The molecule has 5 nitrogen and oxygen atoms in total. The number of rotatable bonds is 3. The standard InChI is InChI=1S/C15H17F5O5/c1-12(6-23-11(21)10-5-8-2-3-9(10)4-8)13(16,17)14(22,15(18,19)20)25-7-24-12/h2-3,8-10,22H,4-7H2,1H3. The van der Waals surface area contributed by atoms with Crippen LogP contribution >= 0.6 is 0 Å². The van der Waals surface area contributed by atoms with Gasteiger partial charge in [-0.3, -0.25) is 4.79 Å². The molecule has 1 saturated heterocycles. The fourth-order valence-corrected chi connectivity index (χ4v) is 3.54. The molecule has 2 aliphatic carbocycles. The van der Waals surface area contributed by atoms with Crippen molar-refractivity contribution in [2.24, 2.45) is 17.8 Å². The Morgan fingerprint density at radius 3 is 2.48 bits per heavy atom. The van der Waals surface area contributed by atoms with Crippen LogP contribution in [0.5, 0.6) is 0 Å². The Labute approximate surface area is 139 Å². The Hall–Kier alpha value is -1.26. The highest BCUT2D eigenvalue weighted by atomic mass is 19.4. The second-order valence-corrected chi connectivity index (χ2v) is 6.85. The number of fused-ring (bicyclic) bond motifs is 2. The lowest BCUT2D eigenvalue weighted by Crippen LogP contribution is -2.74. The lowest BCUT2D eigenvalue weighted by atomic mass is 9.89.